The number of carboxylic acids is 1. The van der Waals surface area contributed by atoms with Crippen LogP contribution in [0.2, 0.25) is 0 Å². The minimum Gasteiger partial charge on any atom is -0.482 e. The molecule has 0 aromatic heterocycles. The average Bonchev–Trinajstić information content (AvgIpc) is 2.61. The first-order valence-electron chi connectivity index (χ1n) is 8.07. The average molecular weight is 341 g/mol. The highest BCUT2D eigenvalue weighted by atomic mass is 16.6. The number of ether oxygens (including phenoxy) is 2. The number of fused-ring (bicyclic) bond motifs is 1. The normalized spacial score (nSPS) is 18.4. The third-order valence-electron chi connectivity index (χ3n) is 3.99. The molecule has 3 rings (SSSR count). The van der Waals surface area contributed by atoms with E-state index in [2.05, 4.69) is 5.32 Å². The predicted octanol–water partition coefficient (Wildman–Crippen LogP) is 2.27. The summed E-state index contributed by atoms with van der Waals surface area (Å²) < 4.78 is 11.5. The molecule has 2 aromatic rings. The lowest BCUT2D eigenvalue weighted by Gasteiger charge is -2.31. The zero-order valence-corrected chi connectivity index (χ0v) is 13.8. The fraction of sp³-hybridized carbons (Fsp3) is 0.263. The van der Waals surface area contributed by atoms with E-state index in [1.165, 1.54) is 6.07 Å². The molecule has 1 amide bonds. The highest BCUT2D eigenvalue weighted by Crippen LogP contribution is 2.33. The number of aromatic carboxylic acids is 1. The maximum absolute atomic E-state index is 12.4. The van der Waals surface area contributed by atoms with Crippen molar-refractivity contribution in [1.29, 1.82) is 0 Å². The topological polar surface area (TPSA) is 84.9 Å². The molecule has 0 fully saturated rings. The van der Waals surface area contributed by atoms with E-state index in [9.17, 15) is 9.59 Å². The summed E-state index contributed by atoms with van der Waals surface area (Å²) >= 11 is 0. The minimum absolute atomic E-state index is 0.234. The van der Waals surface area contributed by atoms with Crippen molar-refractivity contribution in [3.8, 4) is 11.5 Å². The summed E-state index contributed by atoms with van der Waals surface area (Å²) in [6, 6.07) is 13.9. The molecule has 2 aromatic carbocycles. The molecule has 2 atom stereocenters. The Morgan fingerprint density at radius 3 is 2.52 bits per heavy atom. The number of hydrogen-bond donors (Lipinski definition) is 2. The Morgan fingerprint density at radius 2 is 1.80 bits per heavy atom. The van der Waals surface area contributed by atoms with Crippen molar-refractivity contribution in [2.75, 3.05) is 6.54 Å². The van der Waals surface area contributed by atoms with E-state index in [4.69, 9.17) is 14.6 Å². The van der Waals surface area contributed by atoms with E-state index < -0.39 is 18.2 Å². The SMILES string of the molecule is CC1Oc2ccccc2OC1C(=O)NCCc1cccc(C(=O)O)c1. The van der Waals surface area contributed by atoms with E-state index in [0.29, 0.717) is 24.5 Å². The monoisotopic (exact) mass is 341 g/mol. The molecule has 1 aliphatic rings. The van der Waals surface area contributed by atoms with Crippen LogP contribution in [0.5, 0.6) is 11.5 Å². The van der Waals surface area contributed by atoms with Gasteiger partial charge in [-0.25, -0.2) is 4.79 Å². The zero-order chi connectivity index (χ0) is 17.8. The summed E-state index contributed by atoms with van der Waals surface area (Å²) in [5.41, 5.74) is 1.08. The van der Waals surface area contributed by atoms with Gasteiger partial charge >= 0.3 is 5.97 Å². The van der Waals surface area contributed by atoms with Gasteiger partial charge in [0.25, 0.3) is 5.91 Å². The highest BCUT2D eigenvalue weighted by Gasteiger charge is 2.33. The van der Waals surface area contributed by atoms with Gasteiger partial charge in [0, 0.05) is 6.54 Å². The van der Waals surface area contributed by atoms with Crippen LogP contribution in [-0.4, -0.2) is 35.7 Å². The van der Waals surface area contributed by atoms with E-state index in [1.54, 1.807) is 31.2 Å². The van der Waals surface area contributed by atoms with Crippen molar-refractivity contribution in [3.63, 3.8) is 0 Å². The Balaban J connectivity index is 1.56. The molecule has 2 unspecified atom stereocenters. The number of benzene rings is 2. The molecule has 0 aliphatic carbocycles. The maximum atomic E-state index is 12.4. The first-order chi connectivity index (χ1) is 12.0. The molecule has 0 saturated carbocycles. The molecular weight excluding hydrogens is 322 g/mol. The quantitative estimate of drug-likeness (QED) is 0.871. The molecule has 1 aliphatic heterocycles. The molecule has 2 N–H and O–H groups in total. The Bertz CT molecular complexity index is 789. The van der Waals surface area contributed by atoms with Crippen LogP contribution in [0.3, 0.4) is 0 Å². The number of amides is 1. The number of carbonyl (C=O) groups is 2. The van der Waals surface area contributed by atoms with Crippen molar-refractivity contribution in [1.82, 2.24) is 5.32 Å². The van der Waals surface area contributed by atoms with Gasteiger partial charge in [-0.05, 0) is 43.2 Å². The second kappa shape index (κ2) is 7.25. The number of carbonyl (C=O) groups excluding carboxylic acids is 1. The van der Waals surface area contributed by atoms with Crippen LogP contribution in [0.1, 0.15) is 22.8 Å². The van der Waals surface area contributed by atoms with Gasteiger partial charge in [-0.1, -0.05) is 24.3 Å². The summed E-state index contributed by atoms with van der Waals surface area (Å²) in [6.45, 7) is 2.17. The maximum Gasteiger partial charge on any atom is 0.335 e. The standard InChI is InChI=1S/C19H19NO5/c1-12-17(25-16-8-3-2-7-15(16)24-12)18(21)20-10-9-13-5-4-6-14(11-13)19(22)23/h2-8,11-12,17H,9-10H2,1H3,(H,20,21)(H,22,23). The second-order valence-electron chi connectivity index (χ2n) is 5.85. The molecule has 0 saturated heterocycles. The first-order valence-corrected chi connectivity index (χ1v) is 8.07. The number of nitrogens with one attached hydrogen (secondary N) is 1. The van der Waals surface area contributed by atoms with Gasteiger partial charge in [0.05, 0.1) is 5.56 Å². The zero-order valence-electron chi connectivity index (χ0n) is 13.8. The Morgan fingerprint density at radius 1 is 1.08 bits per heavy atom. The summed E-state index contributed by atoms with van der Waals surface area (Å²) in [5, 5.41) is 11.8. The van der Waals surface area contributed by atoms with Gasteiger partial charge in [-0.2, -0.15) is 0 Å². The lowest BCUT2D eigenvalue weighted by atomic mass is 10.1. The summed E-state index contributed by atoms with van der Waals surface area (Å²) in [6.07, 6.45) is -0.587. The summed E-state index contributed by atoms with van der Waals surface area (Å²) in [7, 11) is 0. The van der Waals surface area contributed by atoms with Gasteiger partial charge < -0.3 is 19.9 Å². The lowest BCUT2D eigenvalue weighted by Crippen LogP contribution is -2.49. The summed E-state index contributed by atoms with van der Waals surface area (Å²) in [5.74, 6) is -0.0398. The van der Waals surface area contributed by atoms with Gasteiger partial charge in [-0.15, -0.1) is 0 Å². The Kier molecular flexibility index (Phi) is 4.88. The van der Waals surface area contributed by atoms with E-state index in [0.717, 1.165) is 5.56 Å². The fourth-order valence-electron chi connectivity index (χ4n) is 2.70. The number of carboxylic acid groups (broad SMARTS) is 1. The third kappa shape index (κ3) is 3.91. The third-order valence-corrected chi connectivity index (χ3v) is 3.99. The van der Waals surface area contributed by atoms with Gasteiger partial charge in [0.15, 0.2) is 11.5 Å². The van der Waals surface area contributed by atoms with E-state index in [-0.39, 0.29) is 11.5 Å². The number of para-hydroxylation sites is 2. The van der Waals surface area contributed by atoms with Crippen LogP contribution in [-0.2, 0) is 11.2 Å². The van der Waals surface area contributed by atoms with Crippen LogP contribution >= 0.6 is 0 Å². The van der Waals surface area contributed by atoms with E-state index in [1.807, 2.05) is 18.2 Å². The number of hydrogen-bond acceptors (Lipinski definition) is 4. The van der Waals surface area contributed by atoms with Crippen LogP contribution < -0.4 is 14.8 Å². The Labute approximate surface area is 145 Å². The molecule has 130 valence electrons. The second-order valence-corrected chi connectivity index (χ2v) is 5.85. The largest absolute Gasteiger partial charge is 0.482 e. The van der Waals surface area contributed by atoms with Gasteiger partial charge in [0.2, 0.25) is 6.10 Å². The fourth-order valence-corrected chi connectivity index (χ4v) is 2.70. The van der Waals surface area contributed by atoms with Crippen LogP contribution in [0, 0.1) is 0 Å². The minimum atomic E-state index is -0.967. The molecule has 6 heteroatoms. The Hall–Kier alpha value is -3.02. The van der Waals surface area contributed by atoms with Crippen LogP contribution in [0.25, 0.3) is 0 Å². The van der Waals surface area contributed by atoms with E-state index >= 15 is 0 Å². The molecule has 1 heterocycles. The smallest absolute Gasteiger partial charge is 0.335 e. The van der Waals surface area contributed by atoms with Gasteiger partial charge in [-0.3, -0.25) is 4.79 Å². The first kappa shape index (κ1) is 16.8. The van der Waals surface area contributed by atoms with Crippen molar-refractivity contribution in [2.24, 2.45) is 0 Å². The summed E-state index contributed by atoms with van der Waals surface area (Å²) in [4.78, 5) is 23.4. The van der Waals surface area contributed by atoms with Crippen molar-refractivity contribution >= 4 is 11.9 Å². The van der Waals surface area contributed by atoms with Crippen molar-refractivity contribution in [3.05, 3.63) is 59.7 Å². The van der Waals surface area contributed by atoms with Gasteiger partial charge in [0.1, 0.15) is 6.10 Å². The molecule has 0 spiro atoms. The van der Waals surface area contributed by atoms with Crippen LogP contribution in [0.4, 0.5) is 0 Å². The molecule has 6 nitrogen and oxygen atoms in total. The molecule has 0 radical (unpaired) electrons. The lowest BCUT2D eigenvalue weighted by molar-refractivity contribution is -0.133. The molecule has 0 bridgehead atoms. The molecule has 25 heavy (non-hydrogen) atoms. The highest BCUT2D eigenvalue weighted by molar-refractivity contribution is 5.87. The van der Waals surface area contributed by atoms with Crippen molar-refractivity contribution < 1.29 is 24.2 Å². The van der Waals surface area contributed by atoms with Crippen LogP contribution in [0.15, 0.2) is 48.5 Å². The van der Waals surface area contributed by atoms with Crippen molar-refractivity contribution in [2.45, 2.75) is 25.6 Å². The number of rotatable bonds is 5. The predicted molar refractivity (Wildman–Crippen MR) is 91.1 cm³/mol. The molecular formula is C19H19NO5.